The standard InChI is InChI=1S/C15H22IN3O2/c1-10(2)9-19(8-7-13(17)18-21)15(20)12-6-4-5-11(3)14(12)16/h4-6,10,21H,7-9H2,1-3H3,(H2,17,18). The summed E-state index contributed by atoms with van der Waals surface area (Å²) in [6.45, 7) is 7.19. The van der Waals surface area contributed by atoms with Crippen LogP contribution in [0.4, 0.5) is 0 Å². The molecule has 0 heterocycles. The predicted octanol–water partition coefficient (Wildman–Crippen LogP) is 2.83. The van der Waals surface area contributed by atoms with Crippen LogP contribution in [0.25, 0.3) is 0 Å². The average Bonchev–Trinajstić information content (AvgIpc) is 2.44. The normalized spacial score (nSPS) is 11.8. The lowest BCUT2D eigenvalue weighted by Crippen LogP contribution is -2.37. The van der Waals surface area contributed by atoms with E-state index in [1.807, 2.05) is 25.1 Å². The maximum absolute atomic E-state index is 12.7. The molecule has 1 rings (SSSR count). The van der Waals surface area contributed by atoms with Gasteiger partial charge in [-0.2, -0.15) is 0 Å². The summed E-state index contributed by atoms with van der Waals surface area (Å²) >= 11 is 2.20. The van der Waals surface area contributed by atoms with E-state index in [4.69, 9.17) is 10.9 Å². The number of aryl methyl sites for hydroxylation is 1. The molecule has 3 N–H and O–H groups in total. The molecule has 0 aliphatic rings. The number of benzene rings is 1. The molecular formula is C15H22IN3O2. The van der Waals surface area contributed by atoms with E-state index in [9.17, 15) is 4.79 Å². The number of nitrogens with zero attached hydrogens (tertiary/aromatic N) is 2. The highest BCUT2D eigenvalue weighted by Gasteiger charge is 2.20. The minimum absolute atomic E-state index is 0.0115. The van der Waals surface area contributed by atoms with Gasteiger partial charge in [0.25, 0.3) is 5.91 Å². The lowest BCUT2D eigenvalue weighted by Gasteiger charge is -2.25. The first-order valence-corrected chi connectivity index (χ1v) is 7.95. The van der Waals surface area contributed by atoms with E-state index in [1.165, 1.54) is 0 Å². The van der Waals surface area contributed by atoms with Gasteiger partial charge in [-0.25, -0.2) is 0 Å². The summed E-state index contributed by atoms with van der Waals surface area (Å²) in [4.78, 5) is 14.5. The Labute approximate surface area is 139 Å². The molecule has 0 spiro atoms. The fourth-order valence-corrected chi connectivity index (χ4v) is 2.59. The van der Waals surface area contributed by atoms with Gasteiger partial charge in [0.15, 0.2) is 0 Å². The van der Waals surface area contributed by atoms with Gasteiger partial charge in [0.2, 0.25) is 0 Å². The zero-order chi connectivity index (χ0) is 16.0. The largest absolute Gasteiger partial charge is 0.409 e. The summed E-state index contributed by atoms with van der Waals surface area (Å²) in [6, 6.07) is 5.72. The summed E-state index contributed by atoms with van der Waals surface area (Å²) in [5.41, 5.74) is 7.30. The van der Waals surface area contributed by atoms with Crippen molar-refractivity contribution in [1.82, 2.24) is 4.90 Å². The number of halogens is 1. The van der Waals surface area contributed by atoms with Crippen molar-refractivity contribution in [3.63, 3.8) is 0 Å². The fourth-order valence-electron chi connectivity index (χ4n) is 2.00. The number of oxime groups is 1. The maximum Gasteiger partial charge on any atom is 0.254 e. The Morgan fingerprint density at radius 2 is 2.14 bits per heavy atom. The smallest absolute Gasteiger partial charge is 0.254 e. The first-order chi connectivity index (χ1) is 9.86. The van der Waals surface area contributed by atoms with Crippen LogP contribution in [-0.2, 0) is 0 Å². The highest BCUT2D eigenvalue weighted by atomic mass is 127. The van der Waals surface area contributed by atoms with Gasteiger partial charge in [0, 0.05) is 23.1 Å². The number of hydrogen-bond acceptors (Lipinski definition) is 3. The molecule has 0 unspecified atom stereocenters. The predicted molar refractivity (Wildman–Crippen MR) is 92.7 cm³/mol. The molecule has 0 fully saturated rings. The van der Waals surface area contributed by atoms with Crippen LogP contribution in [0.2, 0.25) is 0 Å². The van der Waals surface area contributed by atoms with E-state index in [2.05, 4.69) is 41.6 Å². The SMILES string of the molecule is Cc1cccc(C(=O)N(CC/C(N)=N/O)CC(C)C)c1I. The molecule has 0 bridgehead atoms. The monoisotopic (exact) mass is 403 g/mol. The van der Waals surface area contributed by atoms with Crippen LogP contribution in [0.1, 0.15) is 36.2 Å². The van der Waals surface area contributed by atoms with Gasteiger partial charge >= 0.3 is 0 Å². The third-order valence-electron chi connectivity index (χ3n) is 3.06. The van der Waals surface area contributed by atoms with E-state index in [-0.39, 0.29) is 11.7 Å². The molecule has 0 aliphatic heterocycles. The Hall–Kier alpha value is -1.31. The Bertz CT molecular complexity index is 530. The number of rotatable bonds is 6. The summed E-state index contributed by atoms with van der Waals surface area (Å²) < 4.78 is 0.970. The van der Waals surface area contributed by atoms with Crippen molar-refractivity contribution in [3.8, 4) is 0 Å². The molecule has 1 aromatic rings. The zero-order valence-electron chi connectivity index (χ0n) is 12.6. The van der Waals surface area contributed by atoms with Gasteiger partial charge in [-0.15, -0.1) is 0 Å². The van der Waals surface area contributed by atoms with Gasteiger partial charge < -0.3 is 15.8 Å². The van der Waals surface area contributed by atoms with Gasteiger partial charge in [-0.05, 0) is 47.1 Å². The van der Waals surface area contributed by atoms with Crippen LogP contribution in [0.15, 0.2) is 23.4 Å². The number of carbonyl (C=O) groups excluding carboxylic acids is 1. The van der Waals surface area contributed by atoms with Crippen LogP contribution < -0.4 is 5.73 Å². The number of carbonyl (C=O) groups is 1. The molecule has 21 heavy (non-hydrogen) atoms. The quantitative estimate of drug-likeness (QED) is 0.252. The second-order valence-corrected chi connectivity index (χ2v) is 6.50. The van der Waals surface area contributed by atoms with Gasteiger partial charge in [0.05, 0.1) is 5.56 Å². The van der Waals surface area contributed by atoms with E-state index >= 15 is 0 Å². The van der Waals surface area contributed by atoms with Crippen molar-refractivity contribution in [3.05, 3.63) is 32.9 Å². The van der Waals surface area contributed by atoms with Crippen LogP contribution in [-0.4, -0.2) is 34.9 Å². The lowest BCUT2D eigenvalue weighted by molar-refractivity contribution is 0.0739. The van der Waals surface area contributed by atoms with Crippen LogP contribution in [0.5, 0.6) is 0 Å². The fraction of sp³-hybridized carbons (Fsp3) is 0.467. The van der Waals surface area contributed by atoms with Gasteiger partial charge in [-0.3, -0.25) is 4.79 Å². The molecule has 0 aliphatic carbocycles. The molecular weight excluding hydrogens is 381 g/mol. The highest BCUT2D eigenvalue weighted by molar-refractivity contribution is 14.1. The molecule has 1 aromatic carbocycles. The van der Waals surface area contributed by atoms with Crippen molar-refractivity contribution in [2.24, 2.45) is 16.8 Å². The third kappa shape index (κ3) is 5.18. The van der Waals surface area contributed by atoms with Gasteiger partial charge in [0.1, 0.15) is 5.84 Å². The average molecular weight is 403 g/mol. The Morgan fingerprint density at radius 3 is 2.71 bits per heavy atom. The van der Waals surface area contributed by atoms with E-state index in [1.54, 1.807) is 4.90 Å². The molecule has 5 nitrogen and oxygen atoms in total. The molecule has 116 valence electrons. The van der Waals surface area contributed by atoms with Crippen LogP contribution in [0.3, 0.4) is 0 Å². The van der Waals surface area contributed by atoms with Crippen molar-refractivity contribution in [2.75, 3.05) is 13.1 Å². The van der Waals surface area contributed by atoms with Crippen molar-refractivity contribution >= 4 is 34.3 Å². The molecule has 0 saturated heterocycles. The molecule has 0 aromatic heterocycles. The van der Waals surface area contributed by atoms with Gasteiger partial charge in [-0.1, -0.05) is 31.1 Å². The lowest BCUT2D eigenvalue weighted by atomic mass is 10.1. The van der Waals surface area contributed by atoms with Crippen molar-refractivity contribution in [1.29, 1.82) is 0 Å². The first-order valence-electron chi connectivity index (χ1n) is 6.87. The number of amidine groups is 1. The number of amides is 1. The Kier molecular flexibility index (Phi) is 6.94. The summed E-state index contributed by atoms with van der Waals surface area (Å²) in [5, 5.41) is 11.6. The topological polar surface area (TPSA) is 78.9 Å². The number of hydrogen-bond donors (Lipinski definition) is 2. The van der Waals surface area contributed by atoms with Crippen LogP contribution >= 0.6 is 22.6 Å². The zero-order valence-corrected chi connectivity index (χ0v) is 14.8. The minimum atomic E-state index is -0.0115. The second kappa shape index (κ2) is 8.21. The summed E-state index contributed by atoms with van der Waals surface area (Å²) in [6.07, 6.45) is 0.358. The van der Waals surface area contributed by atoms with E-state index in [0.29, 0.717) is 31.0 Å². The molecule has 6 heteroatoms. The summed E-state index contributed by atoms with van der Waals surface area (Å²) in [5.74, 6) is 0.474. The third-order valence-corrected chi connectivity index (χ3v) is 4.49. The highest BCUT2D eigenvalue weighted by Crippen LogP contribution is 2.19. The Balaban J connectivity index is 2.96. The molecule has 0 radical (unpaired) electrons. The Morgan fingerprint density at radius 1 is 1.48 bits per heavy atom. The first kappa shape index (κ1) is 17.7. The van der Waals surface area contributed by atoms with E-state index in [0.717, 1.165) is 9.13 Å². The number of nitrogens with two attached hydrogens (primary N) is 1. The van der Waals surface area contributed by atoms with Crippen molar-refractivity contribution in [2.45, 2.75) is 27.2 Å². The van der Waals surface area contributed by atoms with Crippen molar-refractivity contribution < 1.29 is 10.0 Å². The minimum Gasteiger partial charge on any atom is -0.409 e. The molecule has 0 saturated carbocycles. The molecule has 1 amide bonds. The second-order valence-electron chi connectivity index (χ2n) is 5.42. The maximum atomic E-state index is 12.7. The van der Waals surface area contributed by atoms with Crippen LogP contribution in [0, 0.1) is 16.4 Å². The van der Waals surface area contributed by atoms with E-state index < -0.39 is 0 Å². The summed E-state index contributed by atoms with van der Waals surface area (Å²) in [7, 11) is 0. The molecule has 0 atom stereocenters.